The van der Waals surface area contributed by atoms with E-state index >= 15 is 0 Å². The second-order valence-corrected chi connectivity index (χ2v) is 6.69. The Hall–Kier alpha value is -2.14. The van der Waals surface area contributed by atoms with Crippen LogP contribution < -0.4 is 10.2 Å². The van der Waals surface area contributed by atoms with Gasteiger partial charge in [0.1, 0.15) is 0 Å². The van der Waals surface area contributed by atoms with Gasteiger partial charge in [-0.25, -0.2) is 4.98 Å². The van der Waals surface area contributed by atoms with Crippen molar-refractivity contribution >= 4 is 39.7 Å². The number of piperidine rings is 1. The van der Waals surface area contributed by atoms with E-state index in [1.54, 1.807) is 11.3 Å². The molecule has 1 N–H and O–H groups in total. The van der Waals surface area contributed by atoms with Crippen molar-refractivity contribution in [1.82, 2.24) is 4.98 Å². The molecule has 2 aliphatic heterocycles. The molecule has 2 aromatic rings. The number of para-hydroxylation sites is 1. The van der Waals surface area contributed by atoms with Gasteiger partial charge in [0.25, 0.3) is 5.91 Å². The summed E-state index contributed by atoms with van der Waals surface area (Å²) in [5.74, 6) is -0.0332. The summed E-state index contributed by atoms with van der Waals surface area (Å²) in [4.78, 5) is 20.0. The molecule has 1 saturated heterocycles. The Morgan fingerprint density at radius 2 is 2.00 bits per heavy atom. The van der Waals surface area contributed by atoms with Crippen molar-refractivity contribution in [2.45, 2.75) is 19.3 Å². The van der Waals surface area contributed by atoms with Crippen molar-refractivity contribution in [1.29, 1.82) is 0 Å². The fraction of sp³-hybridized carbons (Fsp3) is 0.294. The lowest BCUT2D eigenvalue weighted by molar-refractivity contribution is -0.110. The quantitative estimate of drug-likeness (QED) is 0.862. The van der Waals surface area contributed by atoms with Gasteiger partial charge in [0.2, 0.25) is 0 Å². The molecular formula is C17H17N3OS. The minimum absolute atomic E-state index is 0.0332. The number of carbonyl (C=O) groups excluding carboxylic acids is 1. The smallest absolute Gasteiger partial charge is 0.256 e. The average Bonchev–Trinajstić information content (AvgIpc) is 3.14. The molecule has 2 aliphatic rings. The van der Waals surface area contributed by atoms with Gasteiger partial charge in [-0.05, 0) is 31.4 Å². The molecular weight excluding hydrogens is 294 g/mol. The highest BCUT2D eigenvalue weighted by molar-refractivity contribution is 7.16. The first-order chi connectivity index (χ1) is 10.8. The number of benzene rings is 1. The number of nitrogens with zero attached hydrogens (tertiary/aromatic N) is 2. The van der Waals surface area contributed by atoms with Crippen LogP contribution in [-0.2, 0) is 4.79 Å². The SMILES string of the molecule is O=C1Nc2ccccc2/C1=C/c1cnc(N2CCCCC2)s1. The highest BCUT2D eigenvalue weighted by Gasteiger charge is 2.23. The van der Waals surface area contributed by atoms with E-state index in [4.69, 9.17) is 0 Å². The molecule has 1 aromatic carbocycles. The van der Waals surface area contributed by atoms with Crippen molar-refractivity contribution in [3.05, 3.63) is 40.9 Å². The third kappa shape index (κ3) is 2.41. The molecule has 5 heteroatoms. The predicted octanol–water partition coefficient (Wildman–Crippen LogP) is 3.63. The Kier molecular flexibility index (Phi) is 3.42. The van der Waals surface area contributed by atoms with E-state index in [1.165, 1.54) is 19.3 Å². The molecule has 1 amide bonds. The molecule has 0 radical (unpaired) electrons. The Morgan fingerprint density at radius 1 is 1.18 bits per heavy atom. The van der Waals surface area contributed by atoms with Gasteiger partial charge in [0, 0.05) is 35.4 Å². The van der Waals surface area contributed by atoms with Crippen molar-refractivity contribution < 1.29 is 4.79 Å². The van der Waals surface area contributed by atoms with E-state index in [0.717, 1.165) is 39.9 Å². The molecule has 4 nitrogen and oxygen atoms in total. The summed E-state index contributed by atoms with van der Waals surface area (Å²) in [7, 11) is 0. The Morgan fingerprint density at radius 3 is 2.86 bits per heavy atom. The van der Waals surface area contributed by atoms with Crippen LogP contribution in [0.1, 0.15) is 29.7 Å². The van der Waals surface area contributed by atoms with Gasteiger partial charge in [-0.15, -0.1) is 0 Å². The zero-order valence-electron chi connectivity index (χ0n) is 12.2. The molecule has 3 heterocycles. The van der Waals surface area contributed by atoms with Crippen LogP contribution in [0.15, 0.2) is 30.5 Å². The molecule has 22 heavy (non-hydrogen) atoms. The van der Waals surface area contributed by atoms with E-state index < -0.39 is 0 Å². The second kappa shape index (κ2) is 5.57. The third-order valence-electron chi connectivity index (χ3n) is 4.13. The van der Waals surface area contributed by atoms with E-state index in [9.17, 15) is 4.79 Å². The van der Waals surface area contributed by atoms with Crippen LogP contribution in [0.5, 0.6) is 0 Å². The van der Waals surface area contributed by atoms with Crippen LogP contribution in [0.4, 0.5) is 10.8 Å². The molecule has 0 spiro atoms. The summed E-state index contributed by atoms with van der Waals surface area (Å²) in [6.45, 7) is 2.18. The van der Waals surface area contributed by atoms with Gasteiger partial charge in [-0.3, -0.25) is 4.79 Å². The number of amides is 1. The number of aromatic nitrogens is 1. The van der Waals surface area contributed by atoms with Crippen molar-refractivity contribution in [3.63, 3.8) is 0 Å². The number of hydrogen-bond acceptors (Lipinski definition) is 4. The molecule has 1 fully saturated rings. The maximum absolute atomic E-state index is 12.1. The number of nitrogens with one attached hydrogen (secondary N) is 1. The van der Waals surface area contributed by atoms with Gasteiger partial charge in [-0.2, -0.15) is 0 Å². The topological polar surface area (TPSA) is 45.2 Å². The maximum atomic E-state index is 12.1. The van der Waals surface area contributed by atoms with Crippen LogP contribution in [0.2, 0.25) is 0 Å². The fourth-order valence-electron chi connectivity index (χ4n) is 3.00. The molecule has 0 aliphatic carbocycles. The summed E-state index contributed by atoms with van der Waals surface area (Å²) in [6.07, 6.45) is 7.62. The Bertz CT molecular complexity index is 744. The number of rotatable bonds is 2. The monoisotopic (exact) mass is 311 g/mol. The van der Waals surface area contributed by atoms with Crippen molar-refractivity contribution in [2.75, 3.05) is 23.3 Å². The van der Waals surface area contributed by atoms with Crippen LogP contribution in [0.25, 0.3) is 11.6 Å². The number of thiazole rings is 1. The van der Waals surface area contributed by atoms with Crippen molar-refractivity contribution in [3.8, 4) is 0 Å². The minimum Gasteiger partial charge on any atom is -0.348 e. The molecule has 4 rings (SSSR count). The standard InChI is InChI=1S/C17H17N3OS/c21-16-14(13-6-2-3-7-15(13)19-16)10-12-11-18-17(22-12)20-8-4-1-5-9-20/h2-3,6-7,10-11H,1,4-5,8-9H2,(H,19,21)/b14-10-. The summed E-state index contributed by atoms with van der Waals surface area (Å²) in [5.41, 5.74) is 2.59. The van der Waals surface area contributed by atoms with E-state index in [2.05, 4.69) is 15.2 Å². The zero-order chi connectivity index (χ0) is 14.9. The normalized spacial score (nSPS) is 19.4. The molecule has 0 unspecified atom stereocenters. The van der Waals surface area contributed by atoms with Gasteiger partial charge in [0.15, 0.2) is 5.13 Å². The molecule has 112 valence electrons. The van der Waals surface area contributed by atoms with Crippen LogP contribution in [-0.4, -0.2) is 24.0 Å². The van der Waals surface area contributed by atoms with E-state index in [1.807, 2.05) is 36.5 Å². The summed E-state index contributed by atoms with van der Waals surface area (Å²) in [6, 6.07) is 7.80. The molecule has 0 bridgehead atoms. The fourth-order valence-corrected chi connectivity index (χ4v) is 3.91. The maximum Gasteiger partial charge on any atom is 0.256 e. The average molecular weight is 311 g/mol. The summed E-state index contributed by atoms with van der Waals surface area (Å²) in [5, 5.41) is 3.97. The highest BCUT2D eigenvalue weighted by Crippen LogP contribution is 2.34. The number of hydrogen-bond donors (Lipinski definition) is 1. The predicted molar refractivity (Wildman–Crippen MR) is 91.1 cm³/mol. The Labute approximate surface area is 133 Å². The third-order valence-corrected chi connectivity index (χ3v) is 5.14. The largest absolute Gasteiger partial charge is 0.348 e. The highest BCUT2D eigenvalue weighted by atomic mass is 32.1. The van der Waals surface area contributed by atoms with E-state index in [0.29, 0.717) is 0 Å². The van der Waals surface area contributed by atoms with Gasteiger partial charge in [0.05, 0.1) is 5.57 Å². The van der Waals surface area contributed by atoms with Gasteiger partial charge < -0.3 is 10.2 Å². The zero-order valence-corrected chi connectivity index (χ0v) is 13.0. The van der Waals surface area contributed by atoms with Crippen molar-refractivity contribution in [2.24, 2.45) is 0 Å². The van der Waals surface area contributed by atoms with Gasteiger partial charge >= 0.3 is 0 Å². The lowest BCUT2D eigenvalue weighted by Crippen LogP contribution is -2.29. The number of carbonyl (C=O) groups is 1. The van der Waals surface area contributed by atoms with Crippen LogP contribution >= 0.6 is 11.3 Å². The summed E-state index contributed by atoms with van der Waals surface area (Å²) < 4.78 is 0. The first-order valence-electron chi connectivity index (χ1n) is 7.64. The minimum atomic E-state index is -0.0332. The first-order valence-corrected chi connectivity index (χ1v) is 8.46. The Balaban J connectivity index is 1.63. The molecule has 1 aromatic heterocycles. The first kappa shape index (κ1) is 13.5. The second-order valence-electron chi connectivity index (χ2n) is 5.65. The number of anilines is 2. The van der Waals surface area contributed by atoms with Crippen LogP contribution in [0, 0.1) is 0 Å². The lowest BCUT2D eigenvalue weighted by Gasteiger charge is -2.25. The molecule has 0 saturated carbocycles. The lowest BCUT2D eigenvalue weighted by atomic mass is 10.1. The summed E-state index contributed by atoms with van der Waals surface area (Å²) >= 11 is 1.66. The molecule has 0 atom stereocenters. The number of fused-ring (bicyclic) bond motifs is 1. The van der Waals surface area contributed by atoms with E-state index in [-0.39, 0.29) is 5.91 Å². The van der Waals surface area contributed by atoms with Crippen LogP contribution in [0.3, 0.4) is 0 Å². The van der Waals surface area contributed by atoms with Gasteiger partial charge in [-0.1, -0.05) is 29.5 Å².